The lowest BCUT2D eigenvalue weighted by Crippen LogP contribution is -1.96. The summed E-state index contributed by atoms with van der Waals surface area (Å²) in [5.41, 5.74) is 6.65. The molecule has 0 atom stereocenters. The van der Waals surface area contributed by atoms with Crippen molar-refractivity contribution < 1.29 is 0 Å². The van der Waals surface area contributed by atoms with Crippen molar-refractivity contribution in [2.24, 2.45) is 0 Å². The highest BCUT2D eigenvalue weighted by Gasteiger charge is 2.13. The fraction of sp³-hybridized carbons (Fsp3) is 0.276. The molecule has 4 aromatic rings. The molecular formula is C29H37ClN2. The molecule has 0 saturated heterocycles. The van der Waals surface area contributed by atoms with Crippen molar-refractivity contribution in [1.29, 1.82) is 0 Å². The molecule has 3 heteroatoms. The average Bonchev–Trinajstić information content (AvgIpc) is 3.24. The van der Waals surface area contributed by atoms with Crippen LogP contribution in [0.2, 0.25) is 5.02 Å². The van der Waals surface area contributed by atoms with Crippen LogP contribution in [0.25, 0.3) is 28.2 Å². The Morgan fingerprint density at radius 3 is 1.91 bits per heavy atom. The predicted octanol–water partition coefficient (Wildman–Crippen LogP) is 9.56. The minimum absolute atomic E-state index is 0.704. The SMILES string of the molecule is CC.CC.CC.Cc1cccc(-c2ccc(-n3cc(C)nc3-c3ccccc3Cl)cc2)c1. The summed E-state index contributed by atoms with van der Waals surface area (Å²) in [5.74, 6) is 0.858. The average molecular weight is 449 g/mol. The molecule has 0 bridgehead atoms. The van der Waals surface area contributed by atoms with Crippen molar-refractivity contribution in [3.05, 3.63) is 95.3 Å². The van der Waals surface area contributed by atoms with E-state index >= 15 is 0 Å². The first-order valence-corrected chi connectivity index (χ1v) is 12.0. The first-order chi connectivity index (χ1) is 15.6. The van der Waals surface area contributed by atoms with E-state index in [-0.39, 0.29) is 0 Å². The summed E-state index contributed by atoms with van der Waals surface area (Å²) in [6, 6.07) is 24.9. The molecule has 0 fully saturated rings. The highest BCUT2D eigenvalue weighted by molar-refractivity contribution is 6.33. The summed E-state index contributed by atoms with van der Waals surface area (Å²) >= 11 is 6.39. The van der Waals surface area contributed by atoms with E-state index in [2.05, 4.69) is 65.0 Å². The van der Waals surface area contributed by atoms with Gasteiger partial charge >= 0.3 is 0 Å². The molecule has 0 unspecified atom stereocenters. The van der Waals surface area contributed by atoms with Crippen molar-refractivity contribution in [3.8, 4) is 28.2 Å². The number of nitrogens with zero attached hydrogens (tertiary/aromatic N) is 2. The third-order valence-corrected chi connectivity index (χ3v) is 4.77. The minimum atomic E-state index is 0.704. The van der Waals surface area contributed by atoms with Gasteiger partial charge in [0.1, 0.15) is 5.82 Å². The molecule has 0 spiro atoms. The molecule has 32 heavy (non-hydrogen) atoms. The predicted molar refractivity (Wildman–Crippen MR) is 143 cm³/mol. The molecule has 0 radical (unpaired) electrons. The molecule has 0 saturated carbocycles. The molecule has 0 aliphatic carbocycles. The number of rotatable bonds is 3. The van der Waals surface area contributed by atoms with Crippen LogP contribution in [-0.2, 0) is 0 Å². The second-order valence-corrected chi connectivity index (χ2v) is 6.88. The van der Waals surface area contributed by atoms with Gasteiger partial charge in [0.05, 0.1) is 10.7 Å². The molecule has 1 aromatic heterocycles. The molecular weight excluding hydrogens is 412 g/mol. The van der Waals surface area contributed by atoms with E-state index in [1.165, 1.54) is 16.7 Å². The highest BCUT2D eigenvalue weighted by Crippen LogP contribution is 2.30. The van der Waals surface area contributed by atoms with Gasteiger partial charge in [0.15, 0.2) is 0 Å². The number of benzene rings is 3. The second-order valence-electron chi connectivity index (χ2n) is 6.47. The Labute approximate surface area is 199 Å². The Kier molecular flexibility index (Phi) is 12.1. The number of hydrogen-bond donors (Lipinski definition) is 0. The van der Waals surface area contributed by atoms with Crippen LogP contribution in [0.5, 0.6) is 0 Å². The third kappa shape index (κ3) is 6.83. The van der Waals surface area contributed by atoms with Crippen molar-refractivity contribution in [3.63, 3.8) is 0 Å². The van der Waals surface area contributed by atoms with Crippen molar-refractivity contribution in [1.82, 2.24) is 9.55 Å². The Morgan fingerprint density at radius 2 is 1.31 bits per heavy atom. The monoisotopic (exact) mass is 448 g/mol. The van der Waals surface area contributed by atoms with Crippen LogP contribution in [0.15, 0.2) is 79.0 Å². The van der Waals surface area contributed by atoms with Crippen LogP contribution in [0.3, 0.4) is 0 Å². The molecule has 3 aromatic carbocycles. The molecule has 1 heterocycles. The van der Waals surface area contributed by atoms with Crippen LogP contribution in [0, 0.1) is 13.8 Å². The van der Waals surface area contributed by atoms with E-state index in [9.17, 15) is 0 Å². The lowest BCUT2D eigenvalue weighted by Gasteiger charge is -2.10. The van der Waals surface area contributed by atoms with Gasteiger partial charge in [-0.2, -0.15) is 0 Å². The van der Waals surface area contributed by atoms with E-state index in [0.717, 1.165) is 22.8 Å². The van der Waals surface area contributed by atoms with Gasteiger partial charge < -0.3 is 0 Å². The molecule has 0 amide bonds. The quantitative estimate of drug-likeness (QED) is 0.305. The van der Waals surface area contributed by atoms with Crippen LogP contribution < -0.4 is 0 Å². The normalized spacial score (nSPS) is 9.41. The second kappa shape index (κ2) is 14.3. The Balaban J connectivity index is 0.000000789. The maximum Gasteiger partial charge on any atom is 0.146 e. The number of aromatic nitrogens is 2. The number of halogens is 1. The first-order valence-electron chi connectivity index (χ1n) is 11.6. The lowest BCUT2D eigenvalue weighted by atomic mass is 10.0. The first kappa shape index (κ1) is 27.2. The zero-order chi connectivity index (χ0) is 24.1. The third-order valence-electron chi connectivity index (χ3n) is 4.44. The van der Waals surface area contributed by atoms with E-state index in [4.69, 9.17) is 11.6 Å². The molecule has 4 rings (SSSR count). The fourth-order valence-corrected chi connectivity index (χ4v) is 3.39. The Morgan fingerprint density at radius 1 is 0.688 bits per heavy atom. The molecule has 0 aliphatic rings. The van der Waals surface area contributed by atoms with Crippen LogP contribution in [0.4, 0.5) is 0 Å². The van der Waals surface area contributed by atoms with E-state index in [0.29, 0.717) is 5.02 Å². The van der Waals surface area contributed by atoms with E-state index < -0.39 is 0 Å². The number of aryl methyl sites for hydroxylation is 2. The number of hydrogen-bond acceptors (Lipinski definition) is 1. The highest BCUT2D eigenvalue weighted by atomic mass is 35.5. The van der Waals surface area contributed by atoms with Crippen LogP contribution in [-0.4, -0.2) is 9.55 Å². The minimum Gasteiger partial charge on any atom is -0.299 e. The smallest absolute Gasteiger partial charge is 0.146 e. The molecule has 170 valence electrons. The Bertz CT molecular complexity index is 1060. The van der Waals surface area contributed by atoms with E-state index in [1.54, 1.807) is 0 Å². The zero-order valence-corrected chi connectivity index (χ0v) is 21.5. The summed E-state index contributed by atoms with van der Waals surface area (Å²) in [6.45, 7) is 16.1. The van der Waals surface area contributed by atoms with Gasteiger partial charge in [-0.25, -0.2) is 4.98 Å². The zero-order valence-electron chi connectivity index (χ0n) is 20.8. The number of imidazole rings is 1. The molecule has 2 nitrogen and oxygen atoms in total. The summed E-state index contributed by atoms with van der Waals surface area (Å²) in [6.07, 6.45) is 2.04. The standard InChI is InChI=1S/C23H19ClN2.3C2H6/c1-16-6-5-7-19(14-16)18-10-12-20(13-11-18)26-15-17(2)25-23(26)21-8-3-4-9-22(21)24;3*1-2/h3-15H,1-2H3;3*1-2H3. The van der Waals surface area contributed by atoms with E-state index in [1.807, 2.05) is 78.9 Å². The maximum atomic E-state index is 6.39. The van der Waals surface area contributed by atoms with Gasteiger partial charge in [0, 0.05) is 17.4 Å². The fourth-order valence-electron chi connectivity index (χ4n) is 3.17. The maximum absolute atomic E-state index is 6.39. The largest absolute Gasteiger partial charge is 0.299 e. The van der Waals surface area contributed by atoms with Crippen molar-refractivity contribution >= 4 is 11.6 Å². The lowest BCUT2D eigenvalue weighted by molar-refractivity contribution is 1.07. The van der Waals surface area contributed by atoms with Gasteiger partial charge in [0.25, 0.3) is 0 Å². The van der Waals surface area contributed by atoms with Crippen molar-refractivity contribution in [2.45, 2.75) is 55.4 Å². The topological polar surface area (TPSA) is 17.8 Å². The van der Waals surface area contributed by atoms with Crippen molar-refractivity contribution in [2.75, 3.05) is 0 Å². The summed E-state index contributed by atoms with van der Waals surface area (Å²) in [4.78, 5) is 4.69. The molecule has 0 aliphatic heterocycles. The van der Waals surface area contributed by atoms with Gasteiger partial charge in [-0.1, -0.05) is 107 Å². The Hall–Kier alpha value is -2.84. The summed E-state index contributed by atoms with van der Waals surface area (Å²) in [5, 5.41) is 0.704. The van der Waals surface area contributed by atoms with Gasteiger partial charge in [0.2, 0.25) is 0 Å². The van der Waals surface area contributed by atoms with Crippen LogP contribution >= 0.6 is 11.6 Å². The van der Waals surface area contributed by atoms with Gasteiger partial charge in [-0.15, -0.1) is 0 Å². The summed E-state index contributed by atoms with van der Waals surface area (Å²) < 4.78 is 2.09. The van der Waals surface area contributed by atoms with Crippen LogP contribution in [0.1, 0.15) is 52.8 Å². The van der Waals surface area contributed by atoms with Gasteiger partial charge in [-0.05, 0) is 49.2 Å². The molecule has 0 N–H and O–H groups in total. The summed E-state index contributed by atoms with van der Waals surface area (Å²) in [7, 11) is 0. The van der Waals surface area contributed by atoms with Gasteiger partial charge in [-0.3, -0.25) is 4.57 Å².